The van der Waals surface area contributed by atoms with Crippen LogP contribution in [0.15, 0.2) is 36.7 Å². The third-order valence-corrected chi connectivity index (χ3v) is 4.22. The van der Waals surface area contributed by atoms with Crippen LogP contribution in [0.2, 0.25) is 0 Å². The molecule has 0 aliphatic carbocycles. The molecular formula is C16H16N4O3. The van der Waals surface area contributed by atoms with Gasteiger partial charge in [0.1, 0.15) is 0 Å². The SMILES string of the molecule is CC1Oc2c(cccc2C(=O)N2CC(n3cccn3)C2)NC1=O. The van der Waals surface area contributed by atoms with Crippen molar-refractivity contribution >= 4 is 17.5 Å². The van der Waals surface area contributed by atoms with E-state index in [2.05, 4.69) is 10.4 Å². The molecule has 0 saturated carbocycles. The van der Waals surface area contributed by atoms with E-state index in [1.165, 1.54) is 0 Å². The number of para-hydroxylation sites is 1. The minimum absolute atomic E-state index is 0.0893. The van der Waals surface area contributed by atoms with Crippen molar-refractivity contribution in [3.63, 3.8) is 0 Å². The summed E-state index contributed by atoms with van der Waals surface area (Å²) in [5.41, 5.74) is 1.02. The Morgan fingerprint density at radius 1 is 1.35 bits per heavy atom. The molecule has 4 rings (SSSR count). The summed E-state index contributed by atoms with van der Waals surface area (Å²) >= 11 is 0. The van der Waals surface area contributed by atoms with Gasteiger partial charge in [-0.15, -0.1) is 0 Å². The summed E-state index contributed by atoms with van der Waals surface area (Å²) in [7, 11) is 0. The normalized spacial score (nSPS) is 20.3. The largest absolute Gasteiger partial charge is 0.478 e. The predicted octanol–water partition coefficient (Wildman–Crippen LogP) is 1.30. The second-order valence-corrected chi connectivity index (χ2v) is 5.78. The molecule has 118 valence electrons. The molecule has 0 spiro atoms. The second-order valence-electron chi connectivity index (χ2n) is 5.78. The maximum Gasteiger partial charge on any atom is 0.265 e. The Bertz CT molecular complexity index is 766. The van der Waals surface area contributed by atoms with Gasteiger partial charge in [-0.25, -0.2) is 0 Å². The van der Waals surface area contributed by atoms with E-state index in [4.69, 9.17) is 4.74 Å². The maximum absolute atomic E-state index is 12.7. The van der Waals surface area contributed by atoms with Gasteiger partial charge < -0.3 is 15.0 Å². The number of anilines is 1. The van der Waals surface area contributed by atoms with Crippen LogP contribution in [0.25, 0.3) is 0 Å². The lowest BCUT2D eigenvalue weighted by Crippen LogP contribution is -2.51. The summed E-state index contributed by atoms with van der Waals surface area (Å²) in [6.45, 7) is 2.90. The topological polar surface area (TPSA) is 76.5 Å². The zero-order valence-corrected chi connectivity index (χ0v) is 12.6. The average molecular weight is 312 g/mol. The summed E-state index contributed by atoms with van der Waals surface area (Å²) in [4.78, 5) is 26.1. The van der Waals surface area contributed by atoms with Crippen molar-refractivity contribution in [1.82, 2.24) is 14.7 Å². The minimum Gasteiger partial charge on any atom is -0.478 e. The van der Waals surface area contributed by atoms with Gasteiger partial charge in [-0.2, -0.15) is 5.10 Å². The summed E-state index contributed by atoms with van der Waals surface area (Å²) in [6, 6.07) is 7.30. The van der Waals surface area contributed by atoms with Crippen LogP contribution in [0.1, 0.15) is 23.3 Å². The van der Waals surface area contributed by atoms with Crippen molar-refractivity contribution in [3.05, 3.63) is 42.2 Å². The van der Waals surface area contributed by atoms with Gasteiger partial charge >= 0.3 is 0 Å². The Kier molecular flexibility index (Phi) is 3.07. The number of carbonyl (C=O) groups excluding carboxylic acids is 2. The van der Waals surface area contributed by atoms with E-state index in [-0.39, 0.29) is 17.9 Å². The molecule has 1 fully saturated rings. The number of hydrogen-bond acceptors (Lipinski definition) is 4. The van der Waals surface area contributed by atoms with Crippen LogP contribution in [0.5, 0.6) is 5.75 Å². The number of benzene rings is 1. The summed E-state index contributed by atoms with van der Waals surface area (Å²) in [5.74, 6) is 0.158. The van der Waals surface area contributed by atoms with Gasteiger partial charge in [-0.1, -0.05) is 6.07 Å². The van der Waals surface area contributed by atoms with E-state index in [1.807, 2.05) is 16.9 Å². The fourth-order valence-corrected chi connectivity index (χ4v) is 2.85. The van der Waals surface area contributed by atoms with Crippen LogP contribution in [-0.4, -0.2) is 45.7 Å². The molecule has 0 radical (unpaired) electrons. The zero-order chi connectivity index (χ0) is 16.0. The standard InChI is InChI=1S/C16H16N4O3/c1-10-15(21)18-13-5-2-4-12(14(13)23-10)16(22)19-8-11(9-19)20-7-3-6-17-20/h2-7,10-11H,8-9H2,1H3,(H,18,21). The first-order chi connectivity index (χ1) is 11.1. The average Bonchev–Trinajstić information content (AvgIpc) is 3.00. The first-order valence-electron chi connectivity index (χ1n) is 7.52. The Balaban J connectivity index is 1.54. The molecule has 2 aliphatic rings. The Morgan fingerprint density at radius 2 is 2.17 bits per heavy atom. The van der Waals surface area contributed by atoms with Crippen LogP contribution in [0.3, 0.4) is 0 Å². The Morgan fingerprint density at radius 3 is 2.91 bits per heavy atom. The third kappa shape index (κ3) is 2.25. The lowest BCUT2D eigenvalue weighted by Gasteiger charge is -2.39. The minimum atomic E-state index is -0.607. The van der Waals surface area contributed by atoms with E-state index in [1.54, 1.807) is 36.2 Å². The van der Waals surface area contributed by atoms with E-state index < -0.39 is 6.10 Å². The number of aromatic nitrogens is 2. The van der Waals surface area contributed by atoms with Gasteiger partial charge in [-0.3, -0.25) is 14.3 Å². The zero-order valence-electron chi connectivity index (χ0n) is 12.6. The number of nitrogens with zero attached hydrogens (tertiary/aromatic N) is 3. The van der Waals surface area contributed by atoms with Crippen molar-refractivity contribution in [2.45, 2.75) is 19.1 Å². The fourth-order valence-electron chi connectivity index (χ4n) is 2.85. The molecule has 0 bridgehead atoms. The first kappa shape index (κ1) is 13.8. The van der Waals surface area contributed by atoms with Crippen molar-refractivity contribution in [2.75, 3.05) is 18.4 Å². The smallest absolute Gasteiger partial charge is 0.265 e. The highest BCUT2D eigenvalue weighted by molar-refractivity contribution is 6.04. The highest BCUT2D eigenvalue weighted by Gasteiger charge is 2.35. The van der Waals surface area contributed by atoms with Crippen LogP contribution in [-0.2, 0) is 4.79 Å². The van der Waals surface area contributed by atoms with Crippen LogP contribution >= 0.6 is 0 Å². The number of likely N-dealkylation sites (tertiary alicyclic amines) is 1. The molecule has 1 N–H and O–H groups in total. The number of nitrogens with one attached hydrogen (secondary N) is 1. The van der Waals surface area contributed by atoms with Gasteiger partial charge in [0.15, 0.2) is 11.9 Å². The number of carbonyl (C=O) groups is 2. The first-order valence-corrected chi connectivity index (χ1v) is 7.52. The van der Waals surface area contributed by atoms with Gasteiger partial charge in [-0.05, 0) is 25.1 Å². The molecule has 1 saturated heterocycles. The van der Waals surface area contributed by atoms with Crippen molar-refractivity contribution < 1.29 is 14.3 Å². The number of hydrogen-bond donors (Lipinski definition) is 1. The monoisotopic (exact) mass is 312 g/mol. The second kappa shape index (κ2) is 5.12. The molecule has 2 amide bonds. The van der Waals surface area contributed by atoms with Gasteiger partial charge in [0.2, 0.25) is 0 Å². The quantitative estimate of drug-likeness (QED) is 0.907. The Labute approximate surface area is 132 Å². The Hall–Kier alpha value is -2.83. The van der Waals surface area contributed by atoms with E-state index >= 15 is 0 Å². The molecule has 1 aromatic carbocycles. The van der Waals surface area contributed by atoms with Gasteiger partial charge in [0.05, 0.1) is 17.3 Å². The molecule has 7 nitrogen and oxygen atoms in total. The third-order valence-electron chi connectivity index (χ3n) is 4.22. The van der Waals surface area contributed by atoms with E-state index in [0.717, 1.165) is 0 Å². The molecule has 23 heavy (non-hydrogen) atoms. The molecular weight excluding hydrogens is 296 g/mol. The molecule has 7 heteroatoms. The van der Waals surface area contributed by atoms with E-state index in [0.29, 0.717) is 30.1 Å². The highest BCUT2D eigenvalue weighted by Crippen LogP contribution is 2.35. The molecule has 1 unspecified atom stereocenters. The van der Waals surface area contributed by atoms with Crippen LogP contribution < -0.4 is 10.1 Å². The predicted molar refractivity (Wildman–Crippen MR) is 82.3 cm³/mol. The number of ether oxygens (including phenoxy) is 1. The summed E-state index contributed by atoms with van der Waals surface area (Å²) < 4.78 is 7.50. The molecule has 1 aromatic heterocycles. The number of fused-ring (bicyclic) bond motifs is 1. The molecule has 3 heterocycles. The number of amides is 2. The van der Waals surface area contributed by atoms with Crippen LogP contribution in [0.4, 0.5) is 5.69 Å². The number of rotatable bonds is 2. The van der Waals surface area contributed by atoms with Crippen molar-refractivity contribution in [1.29, 1.82) is 0 Å². The van der Waals surface area contributed by atoms with Crippen molar-refractivity contribution in [3.8, 4) is 5.75 Å². The maximum atomic E-state index is 12.7. The van der Waals surface area contributed by atoms with Crippen molar-refractivity contribution in [2.24, 2.45) is 0 Å². The fraction of sp³-hybridized carbons (Fsp3) is 0.312. The lowest BCUT2D eigenvalue weighted by molar-refractivity contribution is -0.122. The van der Waals surface area contributed by atoms with E-state index in [9.17, 15) is 9.59 Å². The lowest BCUT2D eigenvalue weighted by atomic mass is 10.0. The van der Waals surface area contributed by atoms with Crippen LogP contribution in [0, 0.1) is 0 Å². The summed E-state index contributed by atoms with van der Waals surface area (Å²) in [6.07, 6.45) is 3.03. The van der Waals surface area contributed by atoms with Gasteiger partial charge in [0.25, 0.3) is 11.8 Å². The molecule has 1 atom stereocenters. The molecule has 2 aliphatic heterocycles. The molecule has 2 aromatic rings. The van der Waals surface area contributed by atoms with Gasteiger partial charge in [0, 0.05) is 25.5 Å². The highest BCUT2D eigenvalue weighted by atomic mass is 16.5. The summed E-state index contributed by atoms with van der Waals surface area (Å²) in [5, 5.41) is 6.96.